The van der Waals surface area contributed by atoms with Crippen LogP contribution in [0, 0.1) is 0 Å². The third-order valence-electron chi connectivity index (χ3n) is 1.39. The Morgan fingerprint density at radius 1 is 1.83 bits per heavy atom. The number of aryl methyl sites for hydroxylation is 1. The van der Waals surface area contributed by atoms with Crippen LogP contribution >= 0.6 is 0 Å². The van der Waals surface area contributed by atoms with Gasteiger partial charge in [0.1, 0.15) is 5.82 Å². The minimum Gasteiger partial charge on any atom is -0.478 e. The Bertz CT molecular complexity index is 302. The van der Waals surface area contributed by atoms with Gasteiger partial charge >= 0.3 is 5.97 Å². The number of hydrogen-bond donors (Lipinski definition) is 2. The first-order valence-corrected chi connectivity index (χ1v) is 3.67. The van der Waals surface area contributed by atoms with Crippen LogP contribution in [0.5, 0.6) is 0 Å². The minimum absolute atomic E-state index is 0.717. The van der Waals surface area contributed by atoms with Crippen molar-refractivity contribution in [1.29, 1.82) is 0 Å². The maximum absolute atomic E-state index is 10.1. The van der Waals surface area contributed by atoms with Crippen molar-refractivity contribution < 1.29 is 9.90 Å². The standard InChI is InChI=1S/C8H10N2O2/c1-2-7-9-5-6(10-7)3-4-8(11)12/h3-5H,2H2,1H3,(H,9,10)(H,11,12)/b4-3+. The number of imidazole rings is 1. The topological polar surface area (TPSA) is 66.0 Å². The molecule has 1 aromatic rings. The van der Waals surface area contributed by atoms with Gasteiger partial charge in [0.25, 0.3) is 0 Å². The highest BCUT2D eigenvalue weighted by Gasteiger charge is 1.94. The van der Waals surface area contributed by atoms with E-state index >= 15 is 0 Å². The van der Waals surface area contributed by atoms with E-state index in [0.29, 0.717) is 5.69 Å². The van der Waals surface area contributed by atoms with Crippen LogP contribution in [-0.4, -0.2) is 21.0 Å². The van der Waals surface area contributed by atoms with Crippen molar-refractivity contribution in [2.75, 3.05) is 0 Å². The second-order valence-electron chi connectivity index (χ2n) is 2.31. The molecule has 4 heteroatoms. The van der Waals surface area contributed by atoms with Crippen molar-refractivity contribution in [2.24, 2.45) is 0 Å². The molecular weight excluding hydrogens is 156 g/mol. The molecule has 0 aromatic carbocycles. The number of carboxylic acid groups (broad SMARTS) is 1. The first-order valence-electron chi connectivity index (χ1n) is 3.67. The van der Waals surface area contributed by atoms with E-state index in [1.54, 1.807) is 6.20 Å². The van der Waals surface area contributed by atoms with Crippen molar-refractivity contribution in [3.63, 3.8) is 0 Å². The molecule has 1 aromatic heterocycles. The lowest BCUT2D eigenvalue weighted by Crippen LogP contribution is -1.86. The molecule has 64 valence electrons. The van der Waals surface area contributed by atoms with Gasteiger partial charge in [-0.3, -0.25) is 0 Å². The van der Waals surface area contributed by atoms with E-state index in [1.165, 1.54) is 6.08 Å². The normalized spacial score (nSPS) is 10.8. The van der Waals surface area contributed by atoms with E-state index in [0.717, 1.165) is 18.3 Å². The molecule has 0 aliphatic carbocycles. The van der Waals surface area contributed by atoms with E-state index in [-0.39, 0.29) is 0 Å². The summed E-state index contributed by atoms with van der Waals surface area (Å²) in [7, 11) is 0. The van der Waals surface area contributed by atoms with Crippen LogP contribution in [0.15, 0.2) is 12.3 Å². The number of rotatable bonds is 3. The number of aromatic nitrogens is 2. The maximum Gasteiger partial charge on any atom is 0.328 e. The van der Waals surface area contributed by atoms with Gasteiger partial charge < -0.3 is 10.1 Å². The van der Waals surface area contributed by atoms with Gasteiger partial charge in [0, 0.05) is 12.5 Å². The van der Waals surface area contributed by atoms with Gasteiger partial charge in [-0.15, -0.1) is 0 Å². The molecule has 0 aliphatic rings. The first-order chi connectivity index (χ1) is 5.72. The quantitative estimate of drug-likeness (QED) is 0.660. The summed E-state index contributed by atoms with van der Waals surface area (Å²) in [6.07, 6.45) is 4.99. The Kier molecular flexibility index (Phi) is 2.63. The first kappa shape index (κ1) is 8.52. The number of H-pyrrole nitrogens is 1. The summed E-state index contributed by atoms with van der Waals surface area (Å²) in [5, 5.41) is 8.32. The molecule has 0 saturated heterocycles. The maximum atomic E-state index is 10.1. The summed E-state index contributed by atoms with van der Waals surface area (Å²) in [5.41, 5.74) is 0.717. The molecule has 0 aliphatic heterocycles. The minimum atomic E-state index is -0.956. The molecule has 0 amide bonds. The molecule has 0 saturated carbocycles. The van der Waals surface area contributed by atoms with Crippen molar-refractivity contribution in [2.45, 2.75) is 13.3 Å². The van der Waals surface area contributed by atoms with E-state index in [1.807, 2.05) is 6.92 Å². The van der Waals surface area contributed by atoms with E-state index in [4.69, 9.17) is 5.11 Å². The third kappa shape index (κ3) is 2.23. The summed E-state index contributed by atoms with van der Waals surface area (Å²) in [5.74, 6) is -0.0947. The molecule has 1 heterocycles. The van der Waals surface area contributed by atoms with Crippen molar-refractivity contribution in [3.8, 4) is 0 Å². The van der Waals surface area contributed by atoms with Gasteiger partial charge in [0.05, 0.1) is 11.9 Å². The van der Waals surface area contributed by atoms with Gasteiger partial charge in [-0.05, 0) is 6.08 Å². The summed E-state index contributed by atoms with van der Waals surface area (Å²) >= 11 is 0. The zero-order valence-electron chi connectivity index (χ0n) is 6.74. The van der Waals surface area contributed by atoms with Crippen LogP contribution in [0.4, 0.5) is 0 Å². The molecule has 12 heavy (non-hydrogen) atoms. The fourth-order valence-corrected chi connectivity index (χ4v) is 0.804. The molecule has 0 atom stereocenters. The summed E-state index contributed by atoms with van der Waals surface area (Å²) in [6, 6.07) is 0. The predicted octanol–water partition coefficient (Wildman–Crippen LogP) is 1.07. The van der Waals surface area contributed by atoms with Crippen molar-refractivity contribution in [1.82, 2.24) is 9.97 Å². The van der Waals surface area contributed by atoms with Crippen molar-refractivity contribution in [3.05, 3.63) is 23.8 Å². The second kappa shape index (κ2) is 3.71. The number of aromatic amines is 1. The molecule has 0 spiro atoms. The molecular formula is C8H10N2O2. The fraction of sp³-hybridized carbons (Fsp3) is 0.250. The molecule has 0 radical (unpaired) electrons. The third-order valence-corrected chi connectivity index (χ3v) is 1.39. The Labute approximate surface area is 70.0 Å². The zero-order chi connectivity index (χ0) is 8.97. The van der Waals surface area contributed by atoms with E-state index in [9.17, 15) is 4.79 Å². The number of carboxylic acids is 1. The Morgan fingerprint density at radius 3 is 3.08 bits per heavy atom. The van der Waals surface area contributed by atoms with Crippen molar-refractivity contribution >= 4 is 12.0 Å². The van der Waals surface area contributed by atoms with Crippen LogP contribution in [0.3, 0.4) is 0 Å². The number of nitrogens with zero attached hydrogens (tertiary/aromatic N) is 1. The van der Waals surface area contributed by atoms with Crippen LogP contribution in [0.25, 0.3) is 6.08 Å². The average Bonchev–Trinajstić information content (AvgIpc) is 2.48. The van der Waals surface area contributed by atoms with Gasteiger partial charge in [-0.1, -0.05) is 6.92 Å². The highest BCUT2D eigenvalue weighted by molar-refractivity contribution is 5.84. The highest BCUT2D eigenvalue weighted by atomic mass is 16.4. The highest BCUT2D eigenvalue weighted by Crippen LogP contribution is 1.99. The number of hydrogen-bond acceptors (Lipinski definition) is 2. The fourth-order valence-electron chi connectivity index (χ4n) is 0.804. The van der Waals surface area contributed by atoms with Crippen LogP contribution < -0.4 is 0 Å². The lowest BCUT2D eigenvalue weighted by atomic mass is 10.4. The monoisotopic (exact) mass is 166 g/mol. The summed E-state index contributed by atoms with van der Waals surface area (Å²) in [6.45, 7) is 1.98. The van der Waals surface area contributed by atoms with E-state index < -0.39 is 5.97 Å². The van der Waals surface area contributed by atoms with Crippen LogP contribution in [0.1, 0.15) is 18.4 Å². The molecule has 4 nitrogen and oxygen atoms in total. The Balaban J connectivity index is 2.70. The Morgan fingerprint density at radius 2 is 2.58 bits per heavy atom. The van der Waals surface area contributed by atoms with Gasteiger partial charge in [0.15, 0.2) is 0 Å². The van der Waals surface area contributed by atoms with Gasteiger partial charge in [-0.25, -0.2) is 9.78 Å². The number of nitrogens with one attached hydrogen (secondary N) is 1. The van der Waals surface area contributed by atoms with E-state index in [2.05, 4.69) is 9.97 Å². The van der Waals surface area contributed by atoms with Crippen LogP contribution in [-0.2, 0) is 11.2 Å². The summed E-state index contributed by atoms with van der Waals surface area (Å²) < 4.78 is 0. The molecule has 0 fully saturated rings. The molecule has 0 bridgehead atoms. The largest absolute Gasteiger partial charge is 0.478 e. The van der Waals surface area contributed by atoms with Crippen LogP contribution in [0.2, 0.25) is 0 Å². The second-order valence-corrected chi connectivity index (χ2v) is 2.31. The number of carbonyl (C=O) groups is 1. The molecule has 2 N–H and O–H groups in total. The SMILES string of the molecule is CCc1ncc(/C=C/C(=O)O)[nH]1. The lowest BCUT2D eigenvalue weighted by Gasteiger charge is -1.84. The lowest BCUT2D eigenvalue weighted by molar-refractivity contribution is -0.131. The summed E-state index contributed by atoms with van der Waals surface area (Å²) in [4.78, 5) is 17.1. The number of aliphatic carboxylic acids is 1. The van der Waals surface area contributed by atoms with Gasteiger partial charge in [-0.2, -0.15) is 0 Å². The zero-order valence-corrected chi connectivity index (χ0v) is 6.74. The smallest absolute Gasteiger partial charge is 0.328 e. The molecule has 0 unspecified atom stereocenters. The molecule has 1 rings (SSSR count). The Hall–Kier alpha value is -1.58. The van der Waals surface area contributed by atoms with Gasteiger partial charge in [0.2, 0.25) is 0 Å². The average molecular weight is 166 g/mol. The predicted molar refractivity (Wildman–Crippen MR) is 44.6 cm³/mol.